The van der Waals surface area contributed by atoms with Crippen LogP contribution in [0.5, 0.6) is 0 Å². The lowest BCUT2D eigenvalue weighted by Gasteiger charge is -2.47. The monoisotopic (exact) mass is 537 g/mol. The molecule has 204 valence electrons. The van der Waals surface area contributed by atoms with E-state index in [1.165, 1.54) is 12.1 Å². The van der Waals surface area contributed by atoms with Gasteiger partial charge in [-0.2, -0.15) is 4.98 Å². The van der Waals surface area contributed by atoms with Crippen LogP contribution in [0.3, 0.4) is 0 Å². The number of hydrogen-bond acceptors (Lipinski definition) is 6. The Morgan fingerprint density at radius 3 is 2.75 bits per heavy atom. The summed E-state index contributed by atoms with van der Waals surface area (Å²) >= 11 is 0. The lowest BCUT2D eigenvalue weighted by atomic mass is 9.57. The van der Waals surface area contributed by atoms with Crippen LogP contribution in [0.25, 0.3) is 28.3 Å². The number of anilines is 1. The van der Waals surface area contributed by atoms with E-state index in [-0.39, 0.29) is 41.7 Å². The molecular formula is C33H32FN3O3. The van der Waals surface area contributed by atoms with E-state index in [9.17, 15) is 9.18 Å². The van der Waals surface area contributed by atoms with Gasteiger partial charge in [-0.3, -0.25) is 9.78 Å². The third-order valence-electron chi connectivity index (χ3n) is 9.20. The van der Waals surface area contributed by atoms with E-state index in [4.69, 9.17) is 9.15 Å². The number of para-hydroxylation sites is 2. The number of carbonyl (C=O) groups excluding carboxylic acids is 1. The molecule has 2 saturated carbocycles. The number of fused-ring (bicyclic) bond motifs is 3. The van der Waals surface area contributed by atoms with Gasteiger partial charge in [0.25, 0.3) is 6.01 Å². The molecule has 4 aromatic rings. The second-order valence-electron chi connectivity index (χ2n) is 11.5. The quantitative estimate of drug-likeness (QED) is 0.273. The van der Waals surface area contributed by atoms with Gasteiger partial charge in [-0.05, 0) is 92.3 Å². The standard InChI is InChI=1S/C33H32FN3O3/c1-19-31-27(14-11-24-10-9-21(18-35-24)20-5-4-6-23(34)15-20)26-13-12-25(16-22(26)17-28(31)32(38)39-19)36-33-37-29-7-2-3-8-30(29)40-33/h2-11,14-15,18-19,22,25-28,31H,12-13,16-17H2,1H3,(H,36,37)/b14-11+/t19-,22+,25-,26-,27+,28-,31+/m1/s1. The average Bonchev–Trinajstić information content (AvgIpc) is 3.50. The van der Waals surface area contributed by atoms with Crippen LogP contribution in [0.4, 0.5) is 10.4 Å². The van der Waals surface area contributed by atoms with Gasteiger partial charge in [-0.25, -0.2) is 4.39 Å². The fraction of sp³-hybridized carbons (Fsp3) is 0.364. The van der Waals surface area contributed by atoms with Crippen LogP contribution in [-0.2, 0) is 9.53 Å². The first-order chi connectivity index (χ1) is 19.5. The number of cyclic esters (lactones) is 1. The van der Waals surface area contributed by atoms with Crippen LogP contribution in [-0.4, -0.2) is 28.1 Å². The van der Waals surface area contributed by atoms with Gasteiger partial charge in [-0.15, -0.1) is 0 Å². The van der Waals surface area contributed by atoms with Gasteiger partial charge in [0.2, 0.25) is 0 Å². The van der Waals surface area contributed by atoms with Crippen molar-refractivity contribution in [2.75, 3.05) is 5.32 Å². The van der Waals surface area contributed by atoms with Crippen LogP contribution in [0.1, 0.15) is 38.3 Å². The number of oxazole rings is 1. The van der Waals surface area contributed by atoms with Crippen LogP contribution in [0.15, 0.2) is 77.4 Å². The van der Waals surface area contributed by atoms with Crippen molar-refractivity contribution >= 4 is 29.2 Å². The molecule has 2 aromatic carbocycles. The van der Waals surface area contributed by atoms with Crippen molar-refractivity contribution in [3.05, 3.63) is 84.4 Å². The molecule has 1 saturated heterocycles. The molecule has 0 amide bonds. The minimum Gasteiger partial charge on any atom is -0.462 e. The molecule has 1 N–H and O–H groups in total. The highest BCUT2D eigenvalue weighted by atomic mass is 19.1. The number of nitrogens with one attached hydrogen (secondary N) is 1. The maximum atomic E-state index is 13.7. The summed E-state index contributed by atoms with van der Waals surface area (Å²) in [7, 11) is 0. The summed E-state index contributed by atoms with van der Waals surface area (Å²) in [6.07, 6.45) is 9.97. The number of rotatable bonds is 5. The molecule has 3 fully saturated rings. The lowest BCUT2D eigenvalue weighted by Crippen LogP contribution is -2.46. The fourth-order valence-corrected chi connectivity index (χ4v) is 7.41. The Kier molecular flexibility index (Phi) is 6.37. The summed E-state index contributed by atoms with van der Waals surface area (Å²) < 4.78 is 25.4. The zero-order valence-electron chi connectivity index (χ0n) is 22.4. The van der Waals surface area contributed by atoms with Crippen molar-refractivity contribution in [1.29, 1.82) is 0 Å². The molecule has 3 heterocycles. The van der Waals surface area contributed by atoms with Gasteiger partial charge >= 0.3 is 5.97 Å². The second kappa shape index (κ2) is 10.2. The normalized spacial score (nSPS) is 29.8. The first-order valence-corrected chi connectivity index (χ1v) is 14.2. The summed E-state index contributed by atoms with van der Waals surface area (Å²) in [5.74, 6) is 0.913. The van der Waals surface area contributed by atoms with Gasteiger partial charge in [0.1, 0.15) is 17.4 Å². The smallest absolute Gasteiger partial charge is 0.309 e. The Balaban J connectivity index is 1.10. The number of nitrogens with zero attached hydrogens (tertiary/aromatic N) is 2. The molecule has 2 aliphatic carbocycles. The molecule has 0 spiro atoms. The molecule has 2 aromatic heterocycles. The molecular weight excluding hydrogens is 505 g/mol. The number of hydrogen-bond donors (Lipinski definition) is 1. The van der Waals surface area contributed by atoms with E-state index in [2.05, 4.69) is 27.4 Å². The SMILES string of the molecule is C[C@H]1OC(=O)[C@@H]2C[C@@H]3C[C@H](Nc4nc5ccccc5o4)CC[C@H]3[C@H](/C=C/c3ccc(-c4cccc(F)c4)cn3)[C@H]12. The topological polar surface area (TPSA) is 77.2 Å². The van der Waals surface area contributed by atoms with Crippen LogP contribution in [0, 0.1) is 35.4 Å². The predicted molar refractivity (Wildman–Crippen MR) is 152 cm³/mol. The van der Waals surface area contributed by atoms with E-state index >= 15 is 0 Å². The van der Waals surface area contributed by atoms with Crippen molar-refractivity contribution in [3.63, 3.8) is 0 Å². The summed E-state index contributed by atoms with van der Waals surface area (Å²) in [6.45, 7) is 2.04. The first-order valence-electron chi connectivity index (χ1n) is 14.2. The van der Waals surface area contributed by atoms with Crippen LogP contribution in [0.2, 0.25) is 0 Å². The third-order valence-corrected chi connectivity index (χ3v) is 9.20. The highest BCUT2D eigenvalue weighted by molar-refractivity contribution is 5.76. The molecule has 40 heavy (non-hydrogen) atoms. The Morgan fingerprint density at radius 2 is 1.93 bits per heavy atom. The molecule has 0 bridgehead atoms. The third kappa shape index (κ3) is 4.67. The summed E-state index contributed by atoms with van der Waals surface area (Å²) in [6, 6.07) is 19.1. The Labute approximate surface area is 232 Å². The van der Waals surface area contributed by atoms with Gasteiger partial charge in [-0.1, -0.05) is 36.4 Å². The van der Waals surface area contributed by atoms with Gasteiger partial charge < -0.3 is 14.5 Å². The molecule has 7 atom stereocenters. The number of ether oxygens (including phenoxy) is 1. The second-order valence-corrected chi connectivity index (χ2v) is 11.5. The van der Waals surface area contributed by atoms with E-state index in [1.54, 1.807) is 12.3 Å². The van der Waals surface area contributed by atoms with Crippen molar-refractivity contribution in [1.82, 2.24) is 9.97 Å². The highest BCUT2D eigenvalue weighted by Crippen LogP contribution is 2.53. The van der Waals surface area contributed by atoms with Crippen molar-refractivity contribution < 1.29 is 18.3 Å². The van der Waals surface area contributed by atoms with Gasteiger partial charge in [0, 0.05) is 23.7 Å². The molecule has 7 rings (SSSR count). The van der Waals surface area contributed by atoms with E-state index in [0.29, 0.717) is 17.9 Å². The Hall–Kier alpha value is -4.00. The highest BCUT2D eigenvalue weighted by Gasteiger charge is 2.54. The molecule has 1 aliphatic heterocycles. The maximum Gasteiger partial charge on any atom is 0.309 e. The minimum absolute atomic E-state index is 0.0547. The van der Waals surface area contributed by atoms with Gasteiger partial charge in [0.15, 0.2) is 5.58 Å². The predicted octanol–water partition coefficient (Wildman–Crippen LogP) is 7.14. The van der Waals surface area contributed by atoms with Crippen LogP contribution < -0.4 is 5.32 Å². The molecule has 0 unspecified atom stereocenters. The summed E-state index contributed by atoms with van der Waals surface area (Å²) in [5, 5.41) is 3.53. The number of aromatic nitrogens is 2. The van der Waals surface area contributed by atoms with Crippen molar-refractivity contribution in [2.45, 2.75) is 44.8 Å². The molecule has 3 aliphatic rings. The Bertz CT molecular complexity index is 1530. The van der Waals surface area contributed by atoms with Crippen molar-refractivity contribution in [2.24, 2.45) is 29.6 Å². The number of esters is 1. The lowest BCUT2D eigenvalue weighted by molar-refractivity contribution is -0.144. The van der Waals surface area contributed by atoms with E-state index in [1.807, 2.05) is 49.4 Å². The molecule has 6 nitrogen and oxygen atoms in total. The van der Waals surface area contributed by atoms with Crippen LogP contribution >= 0.6 is 0 Å². The molecule has 7 heteroatoms. The number of pyridine rings is 1. The zero-order chi connectivity index (χ0) is 27.2. The molecule has 0 radical (unpaired) electrons. The van der Waals surface area contributed by atoms with E-state index < -0.39 is 0 Å². The fourth-order valence-electron chi connectivity index (χ4n) is 7.41. The maximum absolute atomic E-state index is 13.7. The zero-order valence-corrected chi connectivity index (χ0v) is 22.4. The number of benzene rings is 2. The van der Waals surface area contributed by atoms with Gasteiger partial charge in [0.05, 0.1) is 11.6 Å². The Morgan fingerprint density at radius 1 is 1.02 bits per heavy atom. The number of allylic oxidation sites excluding steroid dienone is 1. The largest absolute Gasteiger partial charge is 0.462 e. The average molecular weight is 538 g/mol. The van der Waals surface area contributed by atoms with E-state index in [0.717, 1.165) is 53.6 Å². The summed E-state index contributed by atoms with van der Waals surface area (Å²) in [4.78, 5) is 22.1. The number of halogens is 1. The summed E-state index contributed by atoms with van der Waals surface area (Å²) in [5.41, 5.74) is 4.17. The minimum atomic E-state index is -0.260. The van der Waals surface area contributed by atoms with Crippen molar-refractivity contribution in [3.8, 4) is 11.1 Å². The number of carbonyl (C=O) groups is 1. The first kappa shape index (κ1) is 25.0.